The number of nitrogens with zero attached hydrogens (tertiary/aromatic N) is 2. The first-order chi connectivity index (χ1) is 13.2. The summed E-state index contributed by atoms with van der Waals surface area (Å²) in [4.78, 5) is 22.7. The highest BCUT2D eigenvalue weighted by molar-refractivity contribution is 5.77. The van der Waals surface area contributed by atoms with Gasteiger partial charge in [-0.3, -0.25) is 9.78 Å². The van der Waals surface area contributed by atoms with Crippen molar-refractivity contribution < 1.29 is 9.53 Å². The molecule has 1 atom stereocenters. The van der Waals surface area contributed by atoms with Crippen LogP contribution in [0.25, 0.3) is 11.0 Å². The number of carbonyl (C=O) groups excluding carboxylic acids is 1. The topological polar surface area (TPSA) is 58.2 Å². The minimum atomic E-state index is 0.222. The van der Waals surface area contributed by atoms with Gasteiger partial charge in [0, 0.05) is 37.3 Å². The third-order valence-electron chi connectivity index (χ3n) is 5.42. The highest BCUT2D eigenvalue weighted by atomic mass is 16.5. The molecule has 140 valence electrons. The van der Waals surface area contributed by atoms with E-state index in [-0.39, 0.29) is 5.91 Å². The lowest BCUT2D eigenvalue weighted by atomic mass is 9.94. The van der Waals surface area contributed by atoms with Crippen molar-refractivity contribution in [1.82, 2.24) is 14.9 Å². The first-order valence-corrected chi connectivity index (χ1v) is 9.58. The molecule has 0 radical (unpaired) electrons. The Hall–Kier alpha value is -2.82. The van der Waals surface area contributed by atoms with E-state index in [0.29, 0.717) is 18.8 Å². The molecule has 0 bridgehead atoms. The van der Waals surface area contributed by atoms with Crippen LogP contribution in [0.4, 0.5) is 0 Å². The molecule has 27 heavy (non-hydrogen) atoms. The van der Waals surface area contributed by atoms with Crippen molar-refractivity contribution >= 4 is 16.9 Å². The molecule has 4 rings (SSSR count). The number of piperidine rings is 1. The number of rotatable bonds is 5. The first-order valence-electron chi connectivity index (χ1n) is 9.58. The van der Waals surface area contributed by atoms with Gasteiger partial charge in [0.1, 0.15) is 5.75 Å². The van der Waals surface area contributed by atoms with Crippen LogP contribution in [0.2, 0.25) is 0 Å². The zero-order chi connectivity index (χ0) is 18.6. The van der Waals surface area contributed by atoms with E-state index in [9.17, 15) is 4.79 Å². The van der Waals surface area contributed by atoms with Crippen LogP contribution in [-0.2, 0) is 11.2 Å². The lowest BCUT2D eigenvalue weighted by Crippen LogP contribution is -2.39. The van der Waals surface area contributed by atoms with Crippen LogP contribution in [-0.4, -0.2) is 41.0 Å². The second-order valence-electron chi connectivity index (χ2n) is 7.15. The highest BCUT2D eigenvalue weighted by Gasteiger charge is 2.25. The summed E-state index contributed by atoms with van der Waals surface area (Å²) in [5.41, 5.74) is 4.33. The lowest BCUT2D eigenvalue weighted by molar-refractivity contribution is -0.132. The van der Waals surface area contributed by atoms with Crippen molar-refractivity contribution in [3.63, 3.8) is 0 Å². The Kier molecular flexibility index (Phi) is 5.10. The number of hydrogen-bond donors (Lipinski definition) is 1. The number of amides is 1. The summed E-state index contributed by atoms with van der Waals surface area (Å²) in [7, 11) is 1.67. The SMILES string of the molecule is COc1ccccc1CCC(=O)N1CCCC(c2cc3ncccc3[nH]2)C1. The summed E-state index contributed by atoms with van der Waals surface area (Å²) in [5, 5.41) is 0. The Labute approximate surface area is 159 Å². The molecule has 1 amide bonds. The fourth-order valence-electron chi connectivity index (χ4n) is 3.96. The quantitative estimate of drug-likeness (QED) is 0.748. The molecule has 0 spiro atoms. The Balaban J connectivity index is 1.40. The molecule has 0 aliphatic carbocycles. The molecule has 1 aromatic carbocycles. The molecule has 5 nitrogen and oxygen atoms in total. The normalized spacial score (nSPS) is 17.2. The van der Waals surface area contributed by atoms with Crippen LogP contribution in [0.15, 0.2) is 48.7 Å². The summed E-state index contributed by atoms with van der Waals surface area (Å²) in [6.07, 6.45) is 5.17. The van der Waals surface area contributed by atoms with Crippen molar-refractivity contribution in [3.8, 4) is 5.75 Å². The number of aromatic nitrogens is 2. The number of ether oxygens (including phenoxy) is 1. The molecular formula is C22H25N3O2. The van der Waals surface area contributed by atoms with E-state index in [2.05, 4.69) is 16.0 Å². The van der Waals surface area contributed by atoms with Crippen LogP contribution < -0.4 is 4.74 Å². The van der Waals surface area contributed by atoms with Crippen molar-refractivity contribution in [2.45, 2.75) is 31.6 Å². The number of aryl methyl sites for hydroxylation is 1. The number of likely N-dealkylation sites (tertiary alicyclic amines) is 1. The van der Waals surface area contributed by atoms with E-state index in [4.69, 9.17) is 4.74 Å². The number of fused-ring (bicyclic) bond motifs is 1. The monoisotopic (exact) mass is 363 g/mol. The van der Waals surface area contributed by atoms with Crippen LogP contribution in [0.5, 0.6) is 5.75 Å². The number of benzene rings is 1. The second-order valence-corrected chi connectivity index (χ2v) is 7.15. The molecule has 3 aromatic rings. The molecule has 5 heteroatoms. The van der Waals surface area contributed by atoms with Gasteiger partial charge in [-0.15, -0.1) is 0 Å². The third-order valence-corrected chi connectivity index (χ3v) is 5.42. The fourth-order valence-corrected chi connectivity index (χ4v) is 3.96. The summed E-state index contributed by atoms with van der Waals surface area (Å²) in [6, 6.07) is 14.0. The maximum absolute atomic E-state index is 12.8. The number of pyridine rings is 1. The van der Waals surface area contributed by atoms with Crippen LogP contribution >= 0.6 is 0 Å². The minimum absolute atomic E-state index is 0.222. The van der Waals surface area contributed by atoms with Gasteiger partial charge in [0.25, 0.3) is 0 Å². The minimum Gasteiger partial charge on any atom is -0.496 e. The van der Waals surface area contributed by atoms with Gasteiger partial charge in [-0.25, -0.2) is 0 Å². The second kappa shape index (κ2) is 7.82. The third kappa shape index (κ3) is 3.82. The molecule has 2 aromatic heterocycles. The number of methoxy groups -OCH3 is 1. The Morgan fingerprint density at radius 2 is 2.19 bits per heavy atom. The van der Waals surface area contributed by atoms with E-state index in [1.54, 1.807) is 7.11 Å². The lowest BCUT2D eigenvalue weighted by Gasteiger charge is -2.32. The smallest absolute Gasteiger partial charge is 0.222 e. The number of para-hydroxylation sites is 1. The van der Waals surface area contributed by atoms with Gasteiger partial charge in [0.2, 0.25) is 5.91 Å². The van der Waals surface area contributed by atoms with Crippen molar-refractivity contribution in [1.29, 1.82) is 0 Å². The molecule has 1 aliphatic heterocycles. The Bertz CT molecular complexity index is 901. The molecule has 3 heterocycles. The van der Waals surface area contributed by atoms with E-state index in [1.807, 2.05) is 47.5 Å². The van der Waals surface area contributed by atoms with Crippen LogP contribution in [0.3, 0.4) is 0 Å². The van der Waals surface area contributed by atoms with Crippen LogP contribution in [0, 0.1) is 0 Å². The predicted molar refractivity (Wildman–Crippen MR) is 106 cm³/mol. The fraction of sp³-hybridized carbons (Fsp3) is 0.364. The molecule has 1 saturated heterocycles. The van der Waals surface area contributed by atoms with Gasteiger partial charge in [-0.1, -0.05) is 18.2 Å². The maximum Gasteiger partial charge on any atom is 0.222 e. The van der Waals surface area contributed by atoms with Gasteiger partial charge in [-0.2, -0.15) is 0 Å². The average molecular weight is 363 g/mol. The van der Waals surface area contributed by atoms with Gasteiger partial charge >= 0.3 is 0 Å². The van der Waals surface area contributed by atoms with Crippen molar-refractivity contribution in [3.05, 3.63) is 59.9 Å². The number of H-pyrrole nitrogens is 1. The van der Waals surface area contributed by atoms with E-state index < -0.39 is 0 Å². The average Bonchev–Trinajstić information content (AvgIpc) is 3.16. The summed E-state index contributed by atoms with van der Waals surface area (Å²) in [5.74, 6) is 1.43. The summed E-state index contributed by atoms with van der Waals surface area (Å²) < 4.78 is 5.39. The zero-order valence-electron chi connectivity index (χ0n) is 15.6. The van der Waals surface area contributed by atoms with Gasteiger partial charge in [-0.05, 0) is 49.1 Å². The standard InChI is InChI=1S/C22H25N3O2/c1-27-21-9-3-2-6-16(21)10-11-22(26)25-13-5-7-17(15-25)19-14-20-18(24-19)8-4-12-23-20/h2-4,6,8-9,12,14,17,24H,5,7,10-11,13,15H2,1H3. The molecule has 1 fully saturated rings. The highest BCUT2D eigenvalue weighted by Crippen LogP contribution is 2.29. The van der Waals surface area contributed by atoms with Crippen molar-refractivity contribution in [2.24, 2.45) is 0 Å². The molecule has 1 unspecified atom stereocenters. The van der Waals surface area contributed by atoms with E-state index >= 15 is 0 Å². The predicted octanol–water partition coefficient (Wildman–Crippen LogP) is 3.91. The largest absolute Gasteiger partial charge is 0.496 e. The van der Waals surface area contributed by atoms with E-state index in [0.717, 1.165) is 48.3 Å². The number of aromatic amines is 1. The Morgan fingerprint density at radius 1 is 1.30 bits per heavy atom. The number of carbonyl (C=O) groups is 1. The summed E-state index contributed by atoms with van der Waals surface area (Å²) in [6.45, 7) is 1.62. The van der Waals surface area contributed by atoms with Crippen molar-refractivity contribution in [2.75, 3.05) is 20.2 Å². The summed E-state index contributed by atoms with van der Waals surface area (Å²) >= 11 is 0. The van der Waals surface area contributed by atoms with Crippen LogP contribution in [0.1, 0.15) is 36.4 Å². The van der Waals surface area contributed by atoms with Gasteiger partial charge in [0.05, 0.1) is 18.1 Å². The molecule has 1 N–H and O–H groups in total. The number of hydrogen-bond acceptors (Lipinski definition) is 3. The van der Waals surface area contributed by atoms with Gasteiger partial charge in [0.15, 0.2) is 0 Å². The first kappa shape index (κ1) is 17.6. The molecule has 0 saturated carbocycles. The number of nitrogens with one attached hydrogen (secondary N) is 1. The molecule has 1 aliphatic rings. The Morgan fingerprint density at radius 3 is 3.04 bits per heavy atom. The van der Waals surface area contributed by atoms with E-state index in [1.165, 1.54) is 5.69 Å². The zero-order valence-corrected chi connectivity index (χ0v) is 15.6. The maximum atomic E-state index is 12.8. The van der Waals surface area contributed by atoms with Gasteiger partial charge < -0.3 is 14.6 Å². The molecular weight excluding hydrogens is 338 g/mol.